The Bertz CT molecular complexity index is 1520. The predicted molar refractivity (Wildman–Crippen MR) is 185 cm³/mol. The zero-order valence-corrected chi connectivity index (χ0v) is 28.2. The summed E-state index contributed by atoms with van der Waals surface area (Å²) in [5, 5.41) is 39.8. The highest BCUT2D eigenvalue weighted by Crippen LogP contribution is 2.33. The second kappa shape index (κ2) is 18.1. The van der Waals surface area contributed by atoms with E-state index in [1.165, 1.54) is 16.7 Å². The summed E-state index contributed by atoms with van der Waals surface area (Å²) in [6.45, 7) is 4.04. The SMILES string of the molecule is CS#CC1O[C@@H](c2ccc(C)c(Cc3ccc(CCCC(=O)NCC(=O)NCCN(C)Cc4ccccc4)cc3)c2)[C@H](O)[C@@H](O)[C@@H]1O. The van der Waals surface area contributed by atoms with Gasteiger partial charge in [-0.1, -0.05) is 78.0 Å². The van der Waals surface area contributed by atoms with Crippen LogP contribution in [0, 0.1) is 12.1 Å². The van der Waals surface area contributed by atoms with E-state index in [4.69, 9.17) is 4.74 Å². The fourth-order valence-electron chi connectivity index (χ4n) is 5.61. The van der Waals surface area contributed by atoms with Gasteiger partial charge in [-0.2, -0.15) is 0 Å². The van der Waals surface area contributed by atoms with Gasteiger partial charge in [-0.25, -0.2) is 0 Å². The minimum absolute atomic E-state index is 0.0276. The molecule has 5 atom stereocenters. The smallest absolute Gasteiger partial charge is 0.239 e. The van der Waals surface area contributed by atoms with Crippen LogP contribution in [0.3, 0.4) is 0 Å². The number of aryl methyl sites for hydroxylation is 2. The van der Waals surface area contributed by atoms with Crippen molar-refractivity contribution in [3.8, 4) is 5.18 Å². The minimum Gasteiger partial charge on any atom is -0.387 e. The number of benzene rings is 3. The largest absolute Gasteiger partial charge is 0.387 e. The lowest BCUT2D eigenvalue weighted by Gasteiger charge is -2.39. The summed E-state index contributed by atoms with van der Waals surface area (Å²) in [7, 11) is 2.01. The first-order valence-corrected chi connectivity index (χ1v) is 17.3. The number of nitrogens with zero attached hydrogens (tertiary/aromatic N) is 1. The topological polar surface area (TPSA) is 131 Å². The van der Waals surface area contributed by atoms with Gasteiger partial charge in [-0.05, 0) is 66.6 Å². The Hall–Kier alpha value is -3.60. The molecule has 1 heterocycles. The zero-order chi connectivity index (χ0) is 33.8. The molecule has 1 aliphatic rings. The molecule has 1 saturated heterocycles. The van der Waals surface area contributed by atoms with Crippen LogP contribution in [-0.2, 0) is 33.7 Å². The number of likely N-dealkylation sites (N-methyl/N-ethyl adjacent to an activating group) is 1. The van der Waals surface area contributed by atoms with Crippen molar-refractivity contribution in [2.24, 2.45) is 0 Å². The maximum absolute atomic E-state index is 12.3. The summed E-state index contributed by atoms with van der Waals surface area (Å²) >= 11 is 1.27. The molecule has 3 aromatic rings. The van der Waals surface area contributed by atoms with Crippen LogP contribution in [0.2, 0.25) is 0 Å². The number of rotatable bonds is 14. The number of hydrogen-bond donors (Lipinski definition) is 5. The van der Waals surface area contributed by atoms with E-state index in [0.29, 0.717) is 32.4 Å². The molecule has 252 valence electrons. The van der Waals surface area contributed by atoms with Crippen molar-refractivity contribution in [1.29, 1.82) is 0 Å². The minimum atomic E-state index is -1.34. The first-order valence-electron chi connectivity index (χ1n) is 16.1. The van der Waals surface area contributed by atoms with E-state index in [2.05, 4.69) is 57.1 Å². The Morgan fingerprint density at radius 1 is 0.894 bits per heavy atom. The normalized spacial score (nSPS) is 20.8. The number of hydrogen-bond acceptors (Lipinski definition) is 7. The highest BCUT2D eigenvalue weighted by Gasteiger charge is 2.43. The fourth-order valence-corrected chi connectivity index (χ4v) is 6.04. The highest BCUT2D eigenvalue weighted by molar-refractivity contribution is 7.87. The van der Waals surface area contributed by atoms with E-state index < -0.39 is 30.5 Å². The van der Waals surface area contributed by atoms with Crippen LogP contribution >= 0.6 is 11.2 Å². The monoisotopic (exact) mass is 661 g/mol. The standard InChI is InChI=1S/C37H47N3O6S/c1-25-12-17-29(37-36(45)35(44)34(43)31(46-37)24-47-3)21-30(25)20-27-15-13-26(14-16-27)10-7-11-32(41)39-22-33(42)38-18-19-40(2)23-28-8-5-4-6-9-28/h4-6,8-9,12-17,21,31,34-37,43-45H,7,10-11,18-20,22-23H2,1-3H3,(H,38,42)(H,39,41)/t31?,34-,35+,36-,37+/m1/s1. The summed E-state index contributed by atoms with van der Waals surface area (Å²) < 4.78 is 5.95. The molecule has 10 heteroatoms. The van der Waals surface area contributed by atoms with Crippen LogP contribution in [0.1, 0.15) is 52.3 Å². The third kappa shape index (κ3) is 11.0. The molecule has 4 rings (SSSR count). The van der Waals surface area contributed by atoms with Crippen LogP contribution in [0.5, 0.6) is 0 Å². The van der Waals surface area contributed by atoms with E-state index >= 15 is 0 Å². The van der Waals surface area contributed by atoms with Gasteiger partial charge in [0.25, 0.3) is 0 Å². The Morgan fingerprint density at radius 3 is 2.34 bits per heavy atom. The van der Waals surface area contributed by atoms with Crippen LogP contribution in [0.25, 0.3) is 0 Å². The van der Waals surface area contributed by atoms with Crippen molar-refractivity contribution in [1.82, 2.24) is 15.5 Å². The number of carbonyl (C=O) groups is 2. The summed E-state index contributed by atoms with van der Waals surface area (Å²) in [6.07, 6.45) is -1.21. The Kier molecular flexibility index (Phi) is 13.9. The van der Waals surface area contributed by atoms with Gasteiger partial charge >= 0.3 is 0 Å². The highest BCUT2D eigenvalue weighted by atomic mass is 32.1. The average Bonchev–Trinajstić information content (AvgIpc) is 3.06. The number of carbonyl (C=O) groups excluding carboxylic acids is 2. The molecule has 47 heavy (non-hydrogen) atoms. The summed E-state index contributed by atoms with van der Waals surface area (Å²) in [5.41, 5.74) is 6.36. The average molecular weight is 662 g/mol. The van der Waals surface area contributed by atoms with Crippen molar-refractivity contribution in [2.75, 3.05) is 32.9 Å². The molecule has 0 aliphatic carbocycles. The van der Waals surface area contributed by atoms with Gasteiger partial charge in [0.15, 0.2) is 0 Å². The van der Waals surface area contributed by atoms with E-state index in [0.717, 1.165) is 40.8 Å². The lowest BCUT2D eigenvalue weighted by Crippen LogP contribution is -2.53. The Labute approximate surface area is 281 Å². The molecule has 2 amide bonds. The third-order valence-electron chi connectivity index (χ3n) is 8.39. The zero-order valence-electron chi connectivity index (χ0n) is 27.4. The van der Waals surface area contributed by atoms with Gasteiger partial charge in [-0.15, -0.1) is 11.2 Å². The number of ether oxygens (including phenoxy) is 1. The van der Waals surface area contributed by atoms with Crippen LogP contribution in [0.15, 0.2) is 72.8 Å². The molecule has 1 aliphatic heterocycles. The Balaban J connectivity index is 1.18. The second-order valence-corrected chi connectivity index (χ2v) is 12.8. The van der Waals surface area contributed by atoms with Crippen molar-refractivity contribution < 1.29 is 29.6 Å². The van der Waals surface area contributed by atoms with Crippen LogP contribution in [-0.4, -0.2) is 89.4 Å². The molecule has 0 saturated carbocycles. The molecule has 3 aromatic carbocycles. The fraction of sp³-hybridized carbons (Fsp3) is 0.432. The first-order chi connectivity index (χ1) is 22.6. The van der Waals surface area contributed by atoms with Crippen molar-refractivity contribution >= 4 is 23.0 Å². The molecule has 0 radical (unpaired) electrons. The molecule has 5 N–H and O–H groups in total. The van der Waals surface area contributed by atoms with E-state index in [1.54, 1.807) is 6.26 Å². The molecule has 9 nitrogen and oxygen atoms in total. The summed E-state index contributed by atoms with van der Waals surface area (Å²) in [4.78, 5) is 26.6. The first kappa shape index (κ1) is 36.2. The lowest BCUT2D eigenvalue weighted by molar-refractivity contribution is -0.209. The predicted octanol–water partition coefficient (Wildman–Crippen LogP) is 3.12. The van der Waals surface area contributed by atoms with E-state index in [-0.39, 0.29) is 18.4 Å². The number of aliphatic hydroxyl groups is 3. The van der Waals surface area contributed by atoms with Gasteiger partial charge < -0.3 is 35.6 Å². The van der Waals surface area contributed by atoms with Crippen molar-refractivity contribution in [3.63, 3.8) is 0 Å². The summed E-state index contributed by atoms with van der Waals surface area (Å²) in [5.74, 6) is -0.337. The van der Waals surface area contributed by atoms with Crippen LogP contribution in [0.4, 0.5) is 0 Å². The summed E-state index contributed by atoms with van der Waals surface area (Å²) in [6, 6.07) is 24.3. The maximum Gasteiger partial charge on any atom is 0.239 e. The third-order valence-corrected chi connectivity index (χ3v) is 8.86. The van der Waals surface area contributed by atoms with Crippen molar-refractivity contribution in [3.05, 3.63) is 106 Å². The molecule has 1 unspecified atom stereocenters. The molecular formula is C37H47N3O6S. The molecule has 0 bridgehead atoms. The van der Waals surface area contributed by atoms with Gasteiger partial charge in [-0.3, -0.25) is 9.59 Å². The molecular weight excluding hydrogens is 614 g/mol. The number of amides is 2. The molecule has 0 aromatic heterocycles. The van der Waals surface area contributed by atoms with Gasteiger partial charge in [0, 0.05) is 32.3 Å². The second-order valence-electron chi connectivity index (χ2n) is 12.2. The van der Waals surface area contributed by atoms with Gasteiger partial charge in [0.1, 0.15) is 30.5 Å². The lowest BCUT2D eigenvalue weighted by atomic mass is 9.89. The van der Waals surface area contributed by atoms with Crippen molar-refractivity contribution in [2.45, 2.75) is 69.7 Å². The number of nitrogens with one attached hydrogen (secondary N) is 2. The Morgan fingerprint density at radius 2 is 1.62 bits per heavy atom. The number of aliphatic hydroxyl groups excluding tert-OH is 3. The van der Waals surface area contributed by atoms with Gasteiger partial charge in [0.05, 0.1) is 6.54 Å². The van der Waals surface area contributed by atoms with Crippen LogP contribution < -0.4 is 10.6 Å². The quantitative estimate of drug-likeness (QED) is 0.180. The molecule has 0 spiro atoms. The van der Waals surface area contributed by atoms with E-state index in [1.807, 2.05) is 50.4 Å². The maximum atomic E-state index is 12.3. The molecule has 1 fully saturated rings. The van der Waals surface area contributed by atoms with E-state index in [9.17, 15) is 24.9 Å². The van der Waals surface area contributed by atoms with Gasteiger partial charge in [0.2, 0.25) is 11.8 Å².